The zero-order chi connectivity index (χ0) is 17.5. The fourth-order valence-electron chi connectivity index (χ4n) is 1.69. The van der Waals surface area contributed by atoms with Crippen LogP contribution in [0.15, 0.2) is 36.8 Å². The molecule has 0 fully saturated rings. The van der Waals surface area contributed by atoms with E-state index in [1.54, 1.807) is 0 Å². The Bertz CT molecular complexity index is 787. The highest BCUT2D eigenvalue weighted by molar-refractivity contribution is 6.04. The molecule has 0 spiro atoms. The molecule has 0 saturated carbocycles. The predicted molar refractivity (Wildman–Crippen MR) is 87.1 cm³/mol. The molecule has 7 heteroatoms. The number of hydrogen-bond acceptors (Lipinski definition) is 7. The molecule has 0 aliphatic carbocycles. The standard InChI is InChI=1S/C17H14N4O3/c1-11(22)15-7-8-18-17(21-15)6-5-14(24)4-3-13-9-16(12(2)23)20-10-19-13/h3-10H,1-2H3/b4-3+,6-5+. The Morgan fingerprint density at radius 1 is 0.917 bits per heavy atom. The van der Waals surface area contributed by atoms with Crippen molar-refractivity contribution in [2.45, 2.75) is 13.8 Å². The fourth-order valence-corrected chi connectivity index (χ4v) is 1.69. The number of nitrogens with zero attached hydrogens (tertiary/aromatic N) is 4. The number of rotatable bonds is 6. The molecule has 0 aliphatic rings. The summed E-state index contributed by atoms with van der Waals surface area (Å²) >= 11 is 0. The Labute approximate surface area is 138 Å². The van der Waals surface area contributed by atoms with Gasteiger partial charge in [0, 0.05) is 20.0 Å². The van der Waals surface area contributed by atoms with Crippen molar-refractivity contribution in [2.24, 2.45) is 0 Å². The summed E-state index contributed by atoms with van der Waals surface area (Å²) in [5.41, 5.74) is 1.01. The third-order valence-corrected chi connectivity index (χ3v) is 2.90. The maximum Gasteiger partial charge on any atom is 0.178 e. The molecule has 24 heavy (non-hydrogen) atoms. The second-order valence-electron chi connectivity index (χ2n) is 4.81. The highest BCUT2D eigenvalue weighted by atomic mass is 16.1. The molecule has 0 bridgehead atoms. The molecule has 7 nitrogen and oxygen atoms in total. The summed E-state index contributed by atoms with van der Waals surface area (Å²) in [5, 5.41) is 0. The largest absolute Gasteiger partial charge is 0.293 e. The van der Waals surface area contributed by atoms with Gasteiger partial charge < -0.3 is 0 Å². The summed E-state index contributed by atoms with van der Waals surface area (Å²) in [6, 6.07) is 3.00. The van der Waals surface area contributed by atoms with Crippen LogP contribution in [0.25, 0.3) is 12.2 Å². The lowest BCUT2D eigenvalue weighted by molar-refractivity contribution is -0.110. The minimum absolute atomic E-state index is 0.177. The van der Waals surface area contributed by atoms with Crippen LogP contribution >= 0.6 is 0 Å². The molecule has 0 atom stereocenters. The van der Waals surface area contributed by atoms with Crippen molar-refractivity contribution in [2.75, 3.05) is 0 Å². The number of aromatic nitrogens is 4. The second-order valence-corrected chi connectivity index (χ2v) is 4.81. The molecular formula is C17H14N4O3. The van der Waals surface area contributed by atoms with E-state index in [-0.39, 0.29) is 34.6 Å². The van der Waals surface area contributed by atoms with Crippen LogP contribution in [0, 0.1) is 0 Å². The average molecular weight is 322 g/mol. The molecular weight excluding hydrogens is 308 g/mol. The summed E-state index contributed by atoms with van der Waals surface area (Å²) in [5.74, 6) is -0.399. The SMILES string of the molecule is CC(=O)c1cc(/C=C/C(=O)/C=C/c2nccc(C(C)=O)n2)ncn1. The lowest BCUT2D eigenvalue weighted by atomic mass is 10.2. The first-order valence-electron chi connectivity index (χ1n) is 7.03. The Morgan fingerprint density at radius 2 is 1.62 bits per heavy atom. The van der Waals surface area contributed by atoms with E-state index in [0.29, 0.717) is 5.69 Å². The van der Waals surface area contributed by atoms with Gasteiger partial charge >= 0.3 is 0 Å². The van der Waals surface area contributed by atoms with Crippen molar-refractivity contribution in [3.8, 4) is 0 Å². The van der Waals surface area contributed by atoms with Crippen LogP contribution < -0.4 is 0 Å². The van der Waals surface area contributed by atoms with Crippen LogP contribution in [-0.4, -0.2) is 37.3 Å². The zero-order valence-corrected chi connectivity index (χ0v) is 13.1. The second kappa shape index (κ2) is 7.77. The van der Waals surface area contributed by atoms with Gasteiger partial charge in [0.1, 0.15) is 17.7 Å². The summed E-state index contributed by atoms with van der Waals surface area (Å²) in [7, 11) is 0. The average Bonchev–Trinajstić information content (AvgIpc) is 2.58. The topological polar surface area (TPSA) is 103 Å². The monoisotopic (exact) mass is 322 g/mol. The summed E-state index contributed by atoms with van der Waals surface area (Å²) in [6.07, 6.45) is 8.19. The Morgan fingerprint density at radius 3 is 2.33 bits per heavy atom. The minimum Gasteiger partial charge on any atom is -0.293 e. The predicted octanol–water partition coefficient (Wildman–Crippen LogP) is 1.97. The highest BCUT2D eigenvalue weighted by Gasteiger charge is 2.03. The van der Waals surface area contributed by atoms with Crippen LogP contribution in [0.4, 0.5) is 0 Å². The van der Waals surface area contributed by atoms with Gasteiger partial charge in [0.15, 0.2) is 23.2 Å². The van der Waals surface area contributed by atoms with Gasteiger partial charge in [0.2, 0.25) is 0 Å². The number of hydrogen-bond donors (Lipinski definition) is 0. The number of carbonyl (C=O) groups is 3. The van der Waals surface area contributed by atoms with E-state index >= 15 is 0 Å². The third-order valence-electron chi connectivity index (χ3n) is 2.90. The van der Waals surface area contributed by atoms with Gasteiger partial charge in [-0.2, -0.15) is 0 Å². The van der Waals surface area contributed by atoms with Crippen LogP contribution in [0.5, 0.6) is 0 Å². The van der Waals surface area contributed by atoms with Crippen LogP contribution in [0.1, 0.15) is 46.3 Å². The van der Waals surface area contributed by atoms with Crippen LogP contribution in [0.3, 0.4) is 0 Å². The fraction of sp³-hybridized carbons (Fsp3) is 0.118. The molecule has 0 amide bonds. The highest BCUT2D eigenvalue weighted by Crippen LogP contribution is 2.03. The van der Waals surface area contributed by atoms with Gasteiger partial charge in [-0.15, -0.1) is 0 Å². The van der Waals surface area contributed by atoms with Crippen molar-refractivity contribution < 1.29 is 14.4 Å². The van der Waals surface area contributed by atoms with Gasteiger partial charge in [-0.05, 0) is 36.4 Å². The number of ketones is 3. The Hall–Kier alpha value is -3.35. The summed E-state index contributed by atoms with van der Waals surface area (Å²) < 4.78 is 0. The van der Waals surface area contributed by atoms with Gasteiger partial charge in [-0.1, -0.05) is 0 Å². The van der Waals surface area contributed by atoms with Crippen LogP contribution in [0.2, 0.25) is 0 Å². The summed E-state index contributed by atoms with van der Waals surface area (Å²) in [6.45, 7) is 2.81. The van der Waals surface area contributed by atoms with Crippen molar-refractivity contribution in [1.29, 1.82) is 0 Å². The smallest absolute Gasteiger partial charge is 0.178 e. The van der Waals surface area contributed by atoms with E-state index in [9.17, 15) is 14.4 Å². The molecule has 0 saturated heterocycles. The molecule has 0 N–H and O–H groups in total. The van der Waals surface area contributed by atoms with Crippen molar-refractivity contribution in [3.63, 3.8) is 0 Å². The maximum absolute atomic E-state index is 11.8. The quantitative estimate of drug-likeness (QED) is 0.591. The van der Waals surface area contributed by atoms with E-state index in [1.165, 1.54) is 62.8 Å². The van der Waals surface area contributed by atoms with Crippen molar-refractivity contribution in [1.82, 2.24) is 19.9 Å². The Balaban J connectivity index is 2.07. The minimum atomic E-state index is -0.310. The first-order valence-corrected chi connectivity index (χ1v) is 7.03. The lowest BCUT2D eigenvalue weighted by Gasteiger charge is -1.96. The van der Waals surface area contributed by atoms with Crippen molar-refractivity contribution in [3.05, 3.63) is 59.7 Å². The van der Waals surface area contributed by atoms with Crippen LogP contribution in [-0.2, 0) is 4.79 Å². The van der Waals surface area contributed by atoms with E-state index in [2.05, 4.69) is 19.9 Å². The number of carbonyl (C=O) groups excluding carboxylic acids is 3. The van der Waals surface area contributed by atoms with E-state index < -0.39 is 0 Å². The maximum atomic E-state index is 11.8. The zero-order valence-electron chi connectivity index (χ0n) is 13.1. The normalized spacial score (nSPS) is 11.1. The van der Waals surface area contributed by atoms with Gasteiger partial charge in [-0.3, -0.25) is 14.4 Å². The van der Waals surface area contributed by atoms with Gasteiger partial charge in [0.25, 0.3) is 0 Å². The summed E-state index contributed by atoms with van der Waals surface area (Å²) in [4.78, 5) is 50.1. The lowest BCUT2D eigenvalue weighted by Crippen LogP contribution is -1.99. The third kappa shape index (κ3) is 4.84. The van der Waals surface area contributed by atoms with Crippen molar-refractivity contribution >= 4 is 29.5 Å². The molecule has 2 heterocycles. The molecule has 2 aromatic rings. The number of Topliss-reactive ketones (excluding diaryl/α,β-unsaturated/α-hetero) is 2. The Kier molecular flexibility index (Phi) is 5.51. The molecule has 2 aromatic heterocycles. The molecule has 0 unspecified atom stereocenters. The van der Waals surface area contributed by atoms with Gasteiger partial charge in [-0.25, -0.2) is 19.9 Å². The molecule has 2 rings (SSSR count). The van der Waals surface area contributed by atoms with E-state index in [0.717, 1.165) is 0 Å². The first kappa shape index (κ1) is 17.0. The molecule has 120 valence electrons. The first-order chi connectivity index (χ1) is 11.5. The molecule has 0 aliphatic heterocycles. The number of allylic oxidation sites excluding steroid dienone is 2. The van der Waals surface area contributed by atoms with E-state index in [1.807, 2.05) is 0 Å². The molecule has 0 radical (unpaired) electrons. The van der Waals surface area contributed by atoms with Gasteiger partial charge in [0.05, 0.1) is 5.69 Å². The molecule has 0 aromatic carbocycles. The van der Waals surface area contributed by atoms with E-state index in [4.69, 9.17) is 0 Å².